The Morgan fingerprint density at radius 2 is 1.54 bits per heavy atom. The first-order chi connectivity index (χ1) is 16.1. The maximum atomic E-state index is 14.1. The minimum Gasteiger partial charge on any atom is -0.460 e. The van der Waals surface area contributed by atoms with Crippen LogP contribution in [-0.2, 0) is 19.1 Å². The number of ether oxygens (including phenoxy) is 1. The quantitative estimate of drug-likeness (QED) is 0.174. The summed E-state index contributed by atoms with van der Waals surface area (Å²) in [4.78, 5) is 41.2. The summed E-state index contributed by atoms with van der Waals surface area (Å²) in [5, 5.41) is 0. The number of nitrogens with two attached hydrogens (primary N) is 1. The zero-order chi connectivity index (χ0) is 27.0. The first-order valence-corrected chi connectivity index (χ1v) is 12.7. The molecule has 0 aliphatic carbocycles. The number of amides is 1. The Morgan fingerprint density at radius 1 is 0.971 bits per heavy atom. The molecule has 0 heterocycles. The average molecular weight is 487 g/mol. The van der Waals surface area contributed by atoms with Gasteiger partial charge in [-0.2, -0.15) is 0 Å². The molecule has 0 aromatic heterocycles. The largest absolute Gasteiger partial charge is 0.460 e. The van der Waals surface area contributed by atoms with Gasteiger partial charge >= 0.3 is 5.97 Å². The lowest BCUT2D eigenvalue weighted by molar-refractivity contribution is -0.172. The van der Waals surface area contributed by atoms with E-state index in [9.17, 15) is 14.4 Å². The highest BCUT2D eigenvalue weighted by Gasteiger charge is 2.54. The Balaban J connectivity index is 3.99. The third-order valence-corrected chi connectivity index (χ3v) is 5.92. The van der Waals surface area contributed by atoms with E-state index in [4.69, 9.17) is 10.6 Å². The lowest BCUT2D eigenvalue weighted by Crippen LogP contribution is -2.53. The second-order valence-electron chi connectivity index (χ2n) is 11.7. The van der Waals surface area contributed by atoms with E-state index in [-0.39, 0.29) is 23.5 Å². The molecule has 1 amide bonds. The van der Waals surface area contributed by atoms with Crippen molar-refractivity contribution in [2.75, 3.05) is 0 Å². The van der Waals surface area contributed by atoms with Crippen LogP contribution in [0.1, 0.15) is 80.7 Å². The molecule has 3 N–H and O–H groups in total. The van der Waals surface area contributed by atoms with Crippen LogP contribution in [0.5, 0.6) is 0 Å². The second-order valence-corrected chi connectivity index (χ2v) is 11.7. The summed E-state index contributed by atoms with van der Waals surface area (Å²) < 4.78 is 5.88. The van der Waals surface area contributed by atoms with E-state index in [0.717, 1.165) is 5.56 Å². The number of allylic oxidation sites excluding steroid dienone is 1. The Hall–Kier alpha value is -2.47. The molecule has 0 aliphatic heterocycles. The van der Waals surface area contributed by atoms with Gasteiger partial charge in [0.1, 0.15) is 11.4 Å². The maximum Gasteiger partial charge on any atom is 0.311 e. The van der Waals surface area contributed by atoms with Crippen molar-refractivity contribution in [3.63, 3.8) is 0 Å². The summed E-state index contributed by atoms with van der Waals surface area (Å²) in [7, 11) is 0. The minimum atomic E-state index is -1.26. The first-order valence-electron chi connectivity index (χ1n) is 12.7. The number of rotatable bonds is 12. The van der Waals surface area contributed by atoms with E-state index < -0.39 is 34.7 Å². The van der Waals surface area contributed by atoms with Gasteiger partial charge in [-0.05, 0) is 51.0 Å². The lowest BCUT2D eigenvalue weighted by Gasteiger charge is -2.43. The summed E-state index contributed by atoms with van der Waals surface area (Å²) in [5.74, 6) is 2.42. The number of benzene rings is 1. The summed E-state index contributed by atoms with van der Waals surface area (Å²) >= 11 is 0. The number of carbonyl (C=O) groups excluding carboxylic acids is 3. The molecule has 0 saturated carbocycles. The van der Waals surface area contributed by atoms with E-state index in [1.807, 2.05) is 84.0 Å². The second kappa shape index (κ2) is 13.0. The molecule has 196 valence electrons. The molecular formula is C29H46N2O4. The van der Waals surface area contributed by atoms with Gasteiger partial charge in [-0.25, -0.2) is 5.84 Å². The van der Waals surface area contributed by atoms with Crippen LogP contribution in [0.15, 0.2) is 36.4 Å². The summed E-state index contributed by atoms with van der Waals surface area (Å²) in [6.45, 7) is 17.0. The molecule has 35 heavy (non-hydrogen) atoms. The van der Waals surface area contributed by atoms with Crippen LogP contribution in [0.2, 0.25) is 0 Å². The van der Waals surface area contributed by atoms with Crippen LogP contribution in [0, 0.1) is 35.0 Å². The SMILES string of the molecule is CC(C)C[C@@H](C(=O)NN)[C@H](C(=O)OC(C)(C)C)C(/C=C/c1ccccc1)(CC(C)C)C(=O)C(C)C. The number of nitrogens with one attached hydrogen (secondary N) is 1. The van der Waals surface area contributed by atoms with Crippen LogP contribution in [0.4, 0.5) is 0 Å². The van der Waals surface area contributed by atoms with Crippen molar-refractivity contribution in [3.8, 4) is 0 Å². The Bertz CT molecular complexity index is 868. The van der Waals surface area contributed by atoms with Crippen molar-refractivity contribution in [1.29, 1.82) is 0 Å². The van der Waals surface area contributed by atoms with E-state index in [0.29, 0.717) is 12.8 Å². The van der Waals surface area contributed by atoms with E-state index in [1.165, 1.54) is 0 Å². The number of hydrazine groups is 1. The molecule has 1 rings (SSSR count). The minimum absolute atomic E-state index is 0.0729. The maximum absolute atomic E-state index is 14.1. The van der Waals surface area contributed by atoms with Gasteiger partial charge in [0.2, 0.25) is 5.91 Å². The molecule has 0 fully saturated rings. The standard InChI is InChI=1S/C29H46N2O4/c1-19(2)17-23(26(33)31-30)24(27(34)35-28(7,8)9)29(18-20(3)4,25(32)21(5)6)16-15-22-13-11-10-12-14-22/h10-16,19-21,23-24H,17-18,30H2,1-9H3,(H,31,33)/b16-15+/t23-,24-,29?/m1/s1. The molecule has 1 unspecified atom stereocenters. The lowest BCUT2D eigenvalue weighted by atomic mass is 9.59. The topological polar surface area (TPSA) is 98.5 Å². The molecule has 6 heteroatoms. The fourth-order valence-corrected chi connectivity index (χ4v) is 4.76. The van der Waals surface area contributed by atoms with Crippen LogP contribution in [-0.4, -0.2) is 23.3 Å². The Labute approximate surface area is 212 Å². The molecule has 0 radical (unpaired) electrons. The van der Waals surface area contributed by atoms with Crippen molar-refractivity contribution in [2.45, 2.75) is 80.8 Å². The average Bonchev–Trinajstić information content (AvgIpc) is 2.74. The number of esters is 1. The normalized spacial score (nSPS) is 15.8. The van der Waals surface area contributed by atoms with Crippen molar-refractivity contribution >= 4 is 23.7 Å². The molecular weight excluding hydrogens is 440 g/mol. The van der Waals surface area contributed by atoms with Crippen molar-refractivity contribution in [2.24, 2.45) is 40.8 Å². The number of carbonyl (C=O) groups is 3. The summed E-state index contributed by atoms with van der Waals surface area (Å²) in [6, 6.07) is 9.64. The van der Waals surface area contributed by atoms with Gasteiger partial charge in [0.05, 0.1) is 17.3 Å². The first kappa shape index (κ1) is 30.6. The van der Waals surface area contributed by atoms with Gasteiger partial charge in [-0.1, -0.05) is 84.0 Å². The fourth-order valence-electron chi connectivity index (χ4n) is 4.76. The predicted molar refractivity (Wildman–Crippen MR) is 142 cm³/mol. The van der Waals surface area contributed by atoms with Crippen molar-refractivity contribution in [3.05, 3.63) is 42.0 Å². The molecule has 0 aliphatic rings. The number of ketones is 1. The number of Topliss-reactive ketones (excluding diaryl/α,β-unsaturated/α-hetero) is 1. The van der Waals surface area contributed by atoms with Gasteiger partial charge in [0.25, 0.3) is 0 Å². The zero-order valence-corrected chi connectivity index (χ0v) is 23.1. The third kappa shape index (κ3) is 8.92. The summed E-state index contributed by atoms with van der Waals surface area (Å²) in [5.41, 5.74) is 1.12. The van der Waals surface area contributed by atoms with Gasteiger partial charge in [-0.3, -0.25) is 19.8 Å². The highest BCUT2D eigenvalue weighted by atomic mass is 16.6. The van der Waals surface area contributed by atoms with Crippen LogP contribution >= 0.6 is 0 Å². The van der Waals surface area contributed by atoms with Gasteiger partial charge in [0.15, 0.2) is 0 Å². The van der Waals surface area contributed by atoms with Crippen LogP contribution in [0.25, 0.3) is 6.08 Å². The van der Waals surface area contributed by atoms with Gasteiger partial charge < -0.3 is 4.74 Å². The molecule has 0 saturated heterocycles. The third-order valence-electron chi connectivity index (χ3n) is 5.92. The Morgan fingerprint density at radius 3 is 1.97 bits per heavy atom. The highest BCUT2D eigenvalue weighted by Crippen LogP contribution is 2.46. The number of hydrogen-bond acceptors (Lipinski definition) is 5. The van der Waals surface area contributed by atoms with Gasteiger partial charge in [0, 0.05) is 5.92 Å². The zero-order valence-electron chi connectivity index (χ0n) is 23.1. The number of hydrogen-bond donors (Lipinski definition) is 2. The van der Waals surface area contributed by atoms with Crippen LogP contribution < -0.4 is 11.3 Å². The fraction of sp³-hybridized carbons (Fsp3) is 0.621. The molecule has 6 nitrogen and oxygen atoms in total. The van der Waals surface area contributed by atoms with Gasteiger partial charge in [-0.15, -0.1) is 0 Å². The molecule has 3 atom stereocenters. The summed E-state index contributed by atoms with van der Waals surface area (Å²) in [6.07, 6.45) is 4.50. The van der Waals surface area contributed by atoms with E-state index >= 15 is 0 Å². The van der Waals surface area contributed by atoms with E-state index in [2.05, 4.69) is 5.43 Å². The highest BCUT2D eigenvalue weighted by molar-refractivity contribution is 5.96. The van der Waals surface area contributed by atoms with Crippen LogP contribution in [0.3, 0.4) is 0 Å². The van der Waals surface area contributed by atoms with E-state index in [1.54, 1.807) is 20.8 Å². The molecule has 1 aromatic rings. The monoisotopic (exact) mass is 486 g/mol. The Kier molecular flexibility index (Phi) is 11.4. The van der Waals surface area contributed by atoms with Crippen molar-refractivity contribution < 1.29 is 19.1 Å². The predicted octanol–water partition coefficient (Wildman–Crippen LogP) is 5.57. The molecule has 1 aromatic carbocycles. The molecule has 0 spiro atoms. The molecule has 0 bridgehead atoms. The smallest absolute Gasteiger partial charge is 0.311 e. The van der Waals surface area contributed by atoms with Crippen molar-refractivity contribution in [1.82, 2.24) is 5.43 Å².